The predicted octanol–water partition coefficient (Wildman–Crippen LogP) is 11.9. The van der Waals surface area contributed by atoms with E-state index in [1.54, 1.807) is 6.92 Å². The van der Waals surface area contributed by atoms with Crippen molar-refractivity contribution in [1.29, 1.82) is 0 Å². The van der Waals surface area contributed by atoms with Crippen LogP contribution < -0.4 is 0 Å². The van der Waals surface area contributed by atoms with Crippen molar-refractivity contribution in [2.45, 2.75) is 142 Å². The van der Waals surface area contributed by atoms with E-state index in [0.717, 1.165) is 102 Å². The number of halogens is 1. The molecule has 9 heteroatoms. The average molecular weight is 855 g/mol. The first-order valence-electron chi connectivity index (χ1n) is 20.1. The molecule has 296 valence electrons. The number of hydrogen-bond acceptors (Lipinski definition) is 7. The highest BCUT2D eigenvalue weighted by Crippen LogP contribution is 2.31. The van der Waals surface area contributed by atoms with Crippen molar-refractivity contribution in [2.24, 2.45) is 17.8 Å². The van der Waals surface area contributed by atoms with Gasteiger partial charge in [-0.25, -0.2) is 14.8 Å². The van der Waals surface area contributed by atoms with Gasteiger partial charge >= 0.3 is 5.97 Å². The highest BCUT2D eigenvalue weighted by molar-refractivity contribution is 14.1. The summed E-state index contributed by atoms with van der Waals surface area (Å²) in [6.07, 6.45) is 9.26. The SMILES string of the molecule is CCCC(C)(OC[C@@H]1CCC[C@H](OCc2nc(-c3ccc(CC(C)C)cc3)oc2CC)C1)C(=O)O.CCc1oc(-c2ccc(CC(C)C)cc2)nc1CI. The van der Waals surface area contributed by atoms with E-state index in [1.165, 1.54) is 11.1 Å². The van der Waals surface area contributed by atoms with Crippen LogP contribution >= 0.6 is 22.6 Å². The Hall–Kier alpha value is -3.02. The number of oxazole rings is 2. The summed E-state index contributed by atoms with van der Waals surface area (Å²) in [5, 5.41) is 9.57. The average Bonchev–Trinajstić information content (AvgIpc) is 3.78. The Morgan fingerprint density at radius 1 is 0.852 bits per heavy atom. The summed E-state index contributed by atoms with van der Waals surface area (Å²) in [5.41, 5.74) is 5.58. The summed E-state index contributed by atoms with van der Waals surface area (Å²) in [6.45, 7) is 17.7. The largest absolute Gasteiger partial charge is 0.479 e. The lowest BCUT2D eigenvalue weighted by Gasteiger charge is -2.32. The van der Waals surface area contributed by atoms with Gasteiger partial charge in [0, 0.05) is 28.4 Å². The molecule has 1 aliphatic carbocycles. The van der Waals surface area contributed by atoms with Crippen LogP contribution in [-0.4, -0.2) is 39.4 Å². The number of rotatable bonds is 18. The Morgan fingerprint density at radius 3 is 1.81 bits per heavy atom. The summed E-state index contributed by atoms with van der Waals surface area (Å²) >= 11 is 2.33. The minimum atomic E-state index is -1.11. The van der Waals surface area contributed by atoms with Crippen LogP contribution in [0.15, 0.2) is 57.4 Å². The van der Waals surface area contributed by atoms with E-state index >= 15 is 0 Å². The first-order chi connectivity index (χ1) is 25.9. The Bertz CT molecular complexity index is 1690. The van der Waals surface area contributed by atoms with Crippen molar-refractivity contribution < 1.29 is 28.2 Å². The molecular formula is C45H63IN2O6. The van der Waals surface area contributed by atoms with Gasteiger partial charge in [-0.15, -0.1) is 0 Å². The molecule has 0 spiro atoms. The maximum Gasteiger partial charge on any atom is 0.335 e. The molecule has 0 amide bonds. The number of aliphatic carboxylic acids is 1. The number of aryl methyl sites for hydroxylation is 2. The second-order valence-corrected chi connectivity index (χ2v) is 16.5. The maximum absolute atomic E-state index is 11.7. The third kappa shape index (κ3) is 12.8. The zero-order valence-electron chi connectivity index (χ0n) is 33.9. The van der Waals surface area contributed by atoms with E-state index in [2.05, 4.69) is 118 Å². The first kappa shape index (κ1) is 43.7. The highest BCUT2D eigenvalue weighted by atomic mass is 127. The summed E-state index contributed by atoms with van der Waals surface area (Å²) in [5.74, 6) is 4.02. The van der Waals surface area contributed by atoms with Crippen molar-refractivity contribution in [3.8, 4) is 22.9 Å². The molecule has 0 saturated heterocycles. The van der Waals surface area contributed by atoms with Gasteiger partial charge in [0.1, 0.15) is 17.2 Å². The Labute approximate surface area is 337 Å². The number of carbonyl (C=O) groups is 1. The fraction of sp³-hybridized carbons (Fsp3) is 0.578. The van der Waals surface area contributed by atoms with E-state index in [4.69, 9.17) is 23.3 Å². The topological polar surface area (TPSA) is 108 Å². The maximum atomic E-state index is 11.7. The van der Waals surface area contributed by atoms with Gasteiger partial charge < -0.3 is 23.4 Å². The lowest BCUT2D eigenvalue weighted by atomic mass is 9.87. The molecule has 0 aliphatic heterocycles. The van der Waals surface area contributed by atoms with Gasteiger partial charge in [-0.1, -0.05) is 108 Å². The molecule has 1 fully saturated rings. The molecule has 0 bridgehead atoms. The number of carboxylic acids is 1. The van der Waals surface area contributed by atoms with Crippen LogP contribution in [0.1, 0.15) is 128 Å². The molecule has 8 nitrogen and oxygen atoms in total. The minimum Gasteiger partial charge on any atom is -0.479 e. The summed E-state index contributed by atoms with van der Waals surface area (Å²) in [4.78, 5) is 21.0. The quantitative estimate of drug-likeness (QED) is 0.0779. The lowest BCUT2D eigenvalue weighted by molar-refractivity contribution is -0.167. The van der Waals surface area contributed by atoms with Gasteiger partial charge in [0.25, 0.3) is 0 Å². The molecule has 54 heavy (non-hydrogen) atoms. The third-order valence-electron chi connectivity index (χ3n) is 10.0. The van der Waals surface area contributed by atoms with Gasteiger partial charge in [-0.2, -0.15) is 0 Å². The molecule has 5 rings (SSSR count). The molecule has 1 unspecified atom stereocenters. The molecule has 3 atom stereocenters. The van der Waals surface area contributed by atoms with Crippen molar-refractivity contribution in [2.75, 3.05) is 6.61 Å². The van der Waals surface area contributed by atoms with Gasteiger partial charge in [0.15, 0.2) is 5.60 Å². The van der Waals surface area contributed by atoms with Crippen LogP contribution in [0.3, 0.4) is 0 Å². The molecule has 2 aromatic carbocycles. The first-order valence-corrected chi connectivity index (χ1v) is 21.6. The van der Waals surface area contributed by atoms with Gasteiger partial charge in [0.2, 0.25) is 11.8 Å². The number of benzene rings is 2. The van der Waals surface area contributed by atoms with E-state index in [1.807, 2.05) is 6.92 Å². The van der Waals surface area contributed by atoms with Crippen LogP contribution in [-0.2, 0) is 51.0 Å². The molecule has 4 aromatic rings. The molecule has 2 aromatic heterocycles. The number of carboxylic acid groups (broad SMARTS) is 1. The third-order valence-corrected chi connectivity index (χ3v) is 10.7. The monoisotopic (exact) mass is 854 g/mol. The molecule has 2 heterocycles. The number of alkyl halides is 1. The zero-order chi connectivity index (χ0) is 39.3. The molecule has 1 saturated carbocycles. The number of aromatic nitrogens is 2. The second-order valence-electron chi connectivity index (χ2n) is 15.8. The summed E-state index contributed by atoms with van der Waals surface area (Å²) in [6, 6.07) is 17.1. The highest BCUT2D eigenvalue weighted by Gasteiger charge is 2.35. The van der Waals surface area contributed by atoms with E-state index in [9.17, 15) is 9.90 Å². The lowest BCUT2D eigenvalue weighted by Crippen LogP contribution is -2.40. The molecule has 0 radical (unpaired) electrons. The number of nitrogens with zero attached hydrogens (tertiary/aromatic N) is 2. The van der Waals surface area contributed by atoms with E-state index < -0.39 is 11.6 Å². The van der Waals surface area contributed by atoms with Crippen molar-refractivity contribution in [3.05, 3.63) is 82.6 Å². The Balaban J connectivity index is 0.000000287. The fourth-order valence-corrected chi connectivity index (χ4v) is 7.65. The standard InChI is InChI=1S/C29H43NO5.C16H20INO/c1-6-15-29(5,28(31)32)34-18-22-9-8-10-24(17-22)33-19-25-26(7-2)35-27(30-25)23-13-11-21(12-14-23)16-20(3)4;1-4-15-14(10-17)18-16(19-15)13-7-5-12(6-8-13)9-11(2)3/h11-14,20,22,24H,6-10,15-19H2,1-5H3,(H,31,32);5-8,11H,4,9-10H2,1-3H3/t22-,24+,29?;/m1./s1. The van der Waals surface area contributed by atoms with Crippen LogP contribution in [0.25, 0.3) is 22.9 Å². The number of hydrogen-bond donors (Lipinski definition) is 1. The molecule has 1 N–H and O–H groups in total. The van der Waals surface area contributed by atoms with E-state index in [0.29, 0.717) is 43.3 Å². The summed E-state index contributed by atoms with van der Waals surface area (Å²) in [7, 11) is 0. The van der Waals surface area contributed by atoms with Crippen molar-refractivity contribution in [3.63, 3.8) is 0 Å². The number of ether oxygens (including phenoxy) is 2. The van der Waals surface area contributed by atoms with Crippen molar-refractivity contribution in [1.82, 2.24) is 9.97 Å². The van der Waals surface area contributed by atoms with Gasteiger partial charge in [0.05, 0.1) is 25.0 Å². The molecular weight excluding hydrogens is 791 g/mol. The Morgan fingerprint density at radius 2 is 1.37 bits per heavy atom. The smallest absolute Gasteiger partial charge is 0.335 e. The van der Waals surface area contributed by atoms with Crippen LogP contribution in [0.2, 0.25) is 0 Å². The van der Waals surface area contributed by atoms with Crippen molar-refractivity contribution >= 4 is 28.6 Å². The Kier molecular flexibility index (Phi) is 17.3. The normalized spacial score (nSPS) is 17.0. The summed E-state index contributed by atoms with van der Waals surface area (Å²) < 4.78 is 25.0. The van der Waals surface area contributed by atoms with Crippen LogP contribution in [0, 0.1) is 17.8 Å². The van der Waals surface area contributed by atoms with Crippen LogP contribution in [0.4, 0.5) is 0 Å². The van der Waals surface area contributed by atoms with Gasteiger partial charge in [-0.3, -0.25) is 0 Å². The van der Waals surface area contributed by atoms with Gasteiger partial charge in [-0.05, 0) is 98.6 Å². The second kappa shape index (κ2) is 21.3. The fourth-order valence-electron chi connectivity index (χ4n) is 7.05. The zero-order valence-corrected chi connectivity index (χ0v) is 36.0. The predicted molar refractivity (Wildman–Crippen MR) is 225 cm³/mol. The van der Waals surface area contributed by atoms with E-state index in [-0.39, 0.29) is 6.10 Å². The van der Waals surface area contributed by atoms with Crippen LogP contribution in [0.5, 0.6) is 0 Å². The minimum absolute atomic E-state index is 0.125. The molecule has 1 aliphatic rings.